The summed E-state index contributed by atoms with van der Waals surface area (Å²) in [5.41, 5.74) is 0.385. The van der Waals surface area contributed by atoms with Gasteiger partial charge in [-0.25, -0.2) is 12.8 Å². The second-order valence-corrected chi connectivity index (χ2v) is 6.19. The van der Waals surface area contributed by atoms with Gasteiger partial charge in [0, 0.05) is 18.9 Å². The molecule has 8 heteroatoms. The third-order valence-corrected chi connectivity index (χ3v) is 4.34. The molecule has 0 saturated carbocycles. The number of benzene rings is 1. The molecule has 112 valence electrons. The number of pyridine rings is 1. The van der Waals surface area contributed by atoms with E-state index in [0.29, 0.717) is 12.2 Å². The molecule has 21 heavy (non-hydrogen) atoms. The molecule has 1 heterocycles. The van der Waals surface area contributed by atoms with Crippen LogP contribution in [0.2, 0.25) is 5.02 Å². The largest absolute Gasteiger partial charge is 0.384 e. The van der Waals surface area contributed by atoms with Gasteiger partial charge in [0.1, 0.15) is 10.7 Å². The van der Waals surface area contributed by atoms with Gasteiger partial charge < -0.3 is 5.32 Å². The average molecular weight is 330 g/mol. The van der Waals surface area contributed by atoms with Crippen LogP contribution in [0.15, 0.2) is 41.6 Å². The highest BCUT2D eigenvalue weighted by atomic mass is 35.5. The molecule has 2 rings (SSSR count). The Kier molecular flexibility index (Phi) is 4.64. The first-order valence-electron chi connectivity index (χ1n) is 6.10. The van der Waals surface area contributed by atoms with Crippen molar-refractivity contribution in [3.05, 3.63) is 47.5 Å². The van der Waals surface area contributed by atoms with Crippen molar-refractivity contribution in [2.45, 2.75) is 11.8 Å². The first-order valence-corrected chi connectivity index (χ1v) is 7.96. The molecular weight excluding hydrogens is 317 g/mol. The van der Waals surface area contributed by atoms with Crippen molar-refractivity contribution in [2.24, 2.45) is 0 Å². The van der Waals surface area contributed by atoms with E-state index in [4.69, 9.17) is 11.6 Å². The number of hydrogen-bond donors (Lipinski definition) is 2. The maximum Gasteiger partial charge on any atom is 0.265 e. The zero-order valence-electron chi connectivity index (χ0n) is 11.1. The standard InChI is InChI=1S/C13H13ClFN3O2S/c1-2-17-11-5-6-16-8-13(11)21(19,20)18-12-7-9(15)3-4-10(12)14/h3-8,18H,2H2,1H3,(H,16,17). The number of halogens is 2. The van der Waals surface area contributed by atoms with Crippen molar-refractivity contribution in [2.75, 3.05) is 16.6 Å². The van der Waals surface area contributed by atoms with E-state index in [1.807, 2.05) is 6.92 Å². The first kappa shape index (κ1) is 15.5. The summed E-state index contributed by atoms with van der Waals surface area (Å²) in [6, 6.07) is 4.99. The Hall–Kier alpha value is -1.86. The van der Waals surface area contributed by atoms with Gasteiger partial charge in [0.15, 0.2) is 0 Å². The van der Waals surface area contributed by atoms with Crippen molar-refractivity contribution in [1.82, 2.24) is 4.98 Å². The van der Waals surface area contributed by atoms with Crippen LogP contribution >= 0.6 is 11.6 Å². The molecule has 0 saturated heterocycles. The van der Waals surface area contributed by atoms with E-state index in [1.165, 1.54) is 18.5 Å². The molecule has 0 atom stereocenters. The van der Waals surface area contributed by atoms with Crippen LogP contribution in [0.25, 0.3) is 0 Å². The number of aromatic nitrogens is 1. The molecule has 5 nitrogen and oxygen atoms in total. The minimum atomic E-state index is -3.93. The quantitative estimate of drug-likeness (QED) is 0.884. The van der Waals surface area contributed by atoms with E-state index in [9.17, 15) is 12.8 Å². The molecule has 1 aromatic carbocycles. The van der Waals surface area contributed by atoms with Gasteiger partial charge >= 0.3 is 0 Å². The van der Waals surface area contributed by atoms with Crippen LogP contribution in [-0.4, -0.2) is 19.9 Å². The molecule has 0 radical (unpaired) electrons. The summed E-state index contributed by atoms with van der Waals surface area (Å²) >= 11 is 5.87. The highest BCUT2D eigenvalue weighted by Gasteiger charge is 2.20. The monoisotopic (exact) mass is 329 g/mol. The van der Waals surface area contributed by atoms with Gasteiger partial charge in [0.2, 0.25) is 0 Å². The summed E-state index contributed by atoms with van der Waals surface area (Å²) in [6.45, 7) is 2.39. The summed E-state index contributed by atoms with van der Waals surface area (Å²) in [7, 11) is -3.93. The van der Waals surface area contributed by atoms with Crippen LogP contribution in [-0.2, 0) is 10.0 Å². The van der Waals surface area contributed by atoms with Gasteiger partial charge in [-0.3, -0.25) is 9.71 Å². The zero-order chi connectivity index (χ0) is 15.5. The fraction of sp³-hybridized carbons (Fsp3) is 0.154. The molecule has 0 bridgehead atoms. The summed E-state index contributed by atoms with van der Waals surface area (Å²) in [5, 5.41) is 3.03. The Morgan fingerprint density at radius 3 is 2.76 bits per heavy atom. The molecule has 0 spiro atoms. The number of rotatable bonds is 5. The van der Waals surface area contributed by atoms with Gasteiger partial charge in [-0.1, -0.05) is 11.6 Å². The topological polar surface area (TPSA) is 71.1 Å². The fourth-order valence-electron chi connectivity index (χ4n) is 1.71. The first-order chi connectivity index (χ1) is 9.94. The maximum absolute atomic E-state index is 13.2. The lowest BCUT2D eigenvalue weighted by Gasteiger charge is -2.13. The minimum absolute atomic E-state index is 0.0250. The van der Waals surface area contributed by atoms with Crippen LogP contribution in [0.1, 0.15) is 6.92 Å². The predicted molar refractivity (Wildman–Crippen MR) is 80.6 cm³/mol. The van der Waals surface area contributed by atoms with E-state index in [0.717, 1.165) is 12.1 Å². The Labute approximate surface area is 127 Å². The van der Waals surface area contributed by atoms with Crippen LogP contribution in [0.5, 0.6) is 0 Å². The SMILES string of the molecule is CCNc1ccncc1S(=O)(=O)Nc1cc(F)ccc1Cl. The second kappa shape index (κ2) is 6.28. The van der Waals surface area contributed by atoms with Crippen LogP contribution < -0.4 is 10.0 Å². The Morgan fingerprint density at radius 2 is 2.05 bits per heavy atom. The lowest BCUT2D eigenvalue weighted by atomic mass is 10.3. The third kappa shape index (κ3) is 3.62. The Balaban J connectivity index is 2.41. The van der Waals surface area contributed by atoms with Gasteiger partial charge in [-0.15, -0.1) is 0 Å². The molecule has 2 aromatic rings. The summed E-state index contributed by atoms with van der Waals surface area (Å²) in [4.78, 5) is 3.77. The molecular formula is C13H13ClFN3O2S. The summed E-state index contributed by atoms with van der Waals surface area (Å²) in [6.07, 6.45) is 2.69. The molecule has 2 N–H and O–H groups in total. The second-order valence-electron chi connectivity index (χ2n) is 4.13. The normalized spacial score (nSPS) is 11.2. The van der Waals surface area contributed by atoms with Crippen molar-refractivity contribution in [3.63, 3.8) is 0 Å². The molecule has 0 amide bonds. The van der Waals surface area contributed by atoms with Crippen LogP contribution in [0.4, 0.5) is 15.8 Å². The minimum Gasteiger partial charge on any atom is -0.384 e. The van der Waals surface area contributed by atoms with Gasteiger partial charge in [0.25, 0.3) is 10.0 Å². The number of nitrogens with one attached hydrogen (secondary N) is 2. The molecule has 0 aliphatic carbocycles. The van der Waals surface area contributed by atoms with E-state index < -0.39 is 15.8 Å². The van der Waals surface area contributed by atoms with Gasteiger partial charge in [-0.05, 0) is 31.2 Å². The van der Waals surface area contributed by atoms with Crippen molar-refractivity contribution in [1.29, 1.82) is 0 Å². The average Bonchev–Trinajstić information content (AvgIpc) is 2.43. The van der Waals surface area contributed by atoms with E-state index in [1.54, 1.807) is 6.07 Å². The summed E-state index contributed by atoms with van der Waals surface area (Å²) in [5.74, 6) is -0.588. The highest BCUT2D eigenvalue weighted by molar-refractivity contribution is 7.92. The van der Waals surface area contributed by atoms with Crippen molar-refractivity contribution in [3.8, 4) is 0 Å². The predicted octanol–water partition coefficient (Wildman–Crippen LogP) is 3.11. The molecule has 0 unspecified atom stereocenters. The number of nitrogens with zero attached hydrogens (tertiary/aromatic N) is 1. The van der Waals surface area contributed by atoms with E-state index in [-0.39, 0.29) is 15.6 Å². The number of hydrogen-bond acceptors (Lipinski definition) is 4. The third-order valence-electron chi connectivity index (χ3n) is 2.61. The van der Waals surface area contributed by atoms with Crippen LogP contribution in [0, 0.1) is 5.82 Å². The molecule has 0 fully saturated rings. The molecule has 0 aliphatic heterocycles. The zero-order valence-corrected chi connectivity index (χ0v) is 12.7. The molecule has 1 aromatic heterocycles. The fourth-order valence-corrected chi connectivity index (χ4v) is 3.12. The highest BCUT2D eigenvalue weighted by Crippen LogP contribution is 2.27. The maximum atomic E-state index is 13.2. The van der Waals surface area contributed by atoms with E-state index in [2.05, 4.69) is 15.0 Å². The smallest absolute Gasteiger partial charge is 0.265 e. The molecule has 0 aliphatic rings. The van der Waals surface area contributed by atoms with E-state index >= 15 is 0 Å². The summed E-state index contributed by atoms with van der Waals surface area (Å²) < 4.78 is 40.2. The Bertz CT molecular complexity index is 753. The Morgan fingerprint density at radius 1 is 1.29 bits per heavy atom. The number of anilines is 2. The van der Waals surface area contributed by atoms with Crippen molar-refractivity contribution < 1.29 is 12.8 Å². The van der Waals surface area contributed by atoms with Crippen molar-refractivity contribution >= 4 is 33.0 Å². The lowest BCUT2D eigenvalue weighted by molar-refractivity contribution is 0.601. The van der Waals surface area contributed by atoms with Gasteiger partial charge in [-0.2, -0.15) is 0 Å². The van der Waals surface area contributed by atoms with Crippen LogP contribution in [0.3, 0.4) is 0 Å². The lowest BCUT2D eigenvalue weighted by Crippen LogP contribution is -2.16. The number of sulfonamides is 1. The van der Waals surface area contributed by atoms with Gasteiger partial charge in [0.05, 0.1) is 16.4 Å².